The zero-order valence-corrected chi connectivity index (χ0v) is 22.9. The van der Waals surface area contributed by atoms with Crippen molar-refractivity contribution in [1.82, 2.24) is 25.1 Å². The number of piperazine rings is 1. The number of carbonyl (C=O) groups is 3. The molecule has 1 aromatic carbocycles. The van der Waals surface area contributed by atoms with Crippen molar-refractivity contribution in [2.75, 3.05) is 57.4 Å². The molecule has 0 spiro atoms. The van der Waals surface area contributed by atoms with E-state index in [0.29, 0.717) is 51.1 Å². The third kappa shape index (κ3) is 9.96. The number of rotatable bonds is 14. The molecule has 1 aromatic heterocycles. The van der Waals surface area contributed by atoms with Crippen molar-refractivity contribution in [2.45, 2.75) is 25.3 Å². The zero-order valence-electron chi connectivity index (χ0n) is 22.0. The van der Waals surface area contributed by atoms with Crippen molar-refractivity contribution in [2.24, 2.45) is 0 Å². The molecule has 14 nitrogen and oxygen atoms in total. The number of aliphatic hydroxyl groups excluding tert-OH is 1. The summed E-state index contributed by atoms with van der Waals surface area (Å²) in [6.45, 7) is 2.29. The molecule has 1 aliphatic rings. The Balaban J connectivity index is 1.72. The molecule has 218 valence electrons. The van der Waals surface area contributed by atoms with Crippen LogP contribution in [0.4, 0.5) is 5.82 Å². The fraction of sp³-hybridized carbons (Fsp3) is 0.480. The quantitative estimate of drug-likeness (QED) is 0.132. The molecule has 3 rings (SSSR count). The number of nitrogens with zero attached hydrogens (tertiary/aromatic N) is 4. The van der Waals surface area contributed by atoms with Gasteiger partial charge in [-0.05, 0) is 19.4 Å². The summed E-state index contributed by atoms with van der Waals surface area (Å²) in [6.07, 6.45) is 0.479. The predicted molar refractivity (Wildman–Crippen MR) is 146 cm³/mol. The van der Waals surface area contributed by atoms with E-state index in [4.69, 9.17) is 10.2 Å². The smallest absolute Gasteiger partial charge is 0.328 e. The summed E-state index contributed by atoms with van der Waals surface area (Å²) < 4.78 is 11.9. The molecule has 1 fully saturated rings. The Morgan fingerprint density at radius 3 is 2.35 bits per heavy atom. The van der Waals surface area contributed by atoms with E-state index in [1.165, 1.54) is 11.0 Å². The van der Waals surface area contributed by atoms with Crippen molar-refractivity contribution in [3.05, 3.63) is 42.1 Å². The highest BCUT2D eigenvalue weighted by Gasteiger charge is 2.34. The summed E-state index contributed by atoms with van der Waals surface area (Å²) in [6, 6.07) is 8.70. The van der Waals surface area contributed by atoms with Crippen LogP contribution in [0.5, 0.6) is 0 Å². The normalized spacial score (nSPS) is 14.9. The second-order valence-corrected chi connectivity index (χ2v) is 11.1. The molecule has 0 radical (unpaired) electrons. The van der Waals surface area contributed by atoms with E-state index >= 15 is 0 Å². The number of nitrogens with one attached hydrogen (secondary N) is 2. The molecule has 1 aliphatic heterocycles. The van der Waals surface area contributed by atoms with Gasteiger partial charge in [0.25, 0.3) is 5.91 Å². The van der Waals surface area contributed by atoms with Gasteiger partial charge in [-0.15, -0.1) is 0 Å². The van der Waals surface area contributed by atoms with Crippen LogP contribution in [0.15, 0.2) is 36.4 Å². The number of aliphatic hydroxyl groups is 1. The molecule has 0 aliphatic carbocycles. The van der Waals surface area contributed by atoms with Crippen LogP contribution in [0.2, 0.25) is 0 Å². The Bertz CT molecular complexity index is 1200. The van der Waals surface area contributed by atoms with Crippen LogP contribution < -0.4 is 10.6 Å². The second-order valence-electron chi connectivity index (χ2n) is 9.37. The summed E-state index contributed by atoms with van der Waals surface area (Å²) in [7, 11) is -4.69. The Kier molecular flexibility index (Phi) is 11.5. The Morgan fingerprint density at radius 1 is 1.02 bits per heavy atom. The van der Waals surface area contributed by atoms with E-state index in [9.17, 15) is 28.7 Å². The summed E-state index contributed by atoms with van der Waals surface area (Å²) in [4.78, 5) is 68.7. The Labute approximate surface area is 231 Å². The maximum atomic E-state index is 13.3. The van der Waals surface area contributed by atoms with Gasteiger partial charge in [-0.2, -0.15) is 0 Å². The first-order valence-corrected chi connectivity index (χ1v) is 14.7. The van der Waals surface area contributed by atoms with E-state index in [1.54, 1.807) is 24.3 Å². The molecule has 40 heavy (non-hydrogen) atoms. The number of anilines is 1. The summed E-state index contributed by atoms with van der Waals surface area (Å²) >= 11 is 0. The molecule has 0 bridgehead atoms. The second kappa shape index (κ2) is 14.8. The summed E-state index contributed by atoms with van der Waals surface area (Å²) in [5.74, 6) is -1.80. The van der Waals surface area contributed by atoms with Gasteiger partial charge in [-0.3, -0.25) is 23.8 Å². The lowest BCUT2D eigenvalue weighted by Crippen LogP contribution is -2.56. The first kappa shape index (κ1) is 31.1. The van der Waals surface area contributed by atoms with E-state index in [-0.39, 0.29) is 36.9 Å². The van der Waals surface area contributed by atoms with Crippen molar-refractivity contribution < 1.29 is 38.9 Å². The SMILES string of the molecule is O=C(O)CCCCN1CCN(C(=O)[C@H](CP(=O)(O)O)NC(=O)c2cc(NCCO)nc(-c3ccccc3)n2)CC1. The molecule has 1 saturated heterocycles. The first-order valence-electron chi connectivity index (χ1n) is 12.9. The minimum Gasteiger partial charge on any atom is -0.481 e. The summed E-state index contributed by atoms with van der Waals surface area (Å²) in [5, 5.41) is 23.3. The van der Waals surface area contributed by atoms with Gasteiger partial charge in [-0.1, -0.05) is 30.3 Å². The largest absolute Gasteiger partial charge is 0.481 e. The molecule has 0 unspecified atom stereocenters. The number of unbranched alkanes of at least 4 members (excludes halogenated alkanes) is 1. The maximum Gasteiger partial charge on any atom is 0.328 e. The van der Waals surface area contributed by atoms with Crippen LogP contribution in [0, 0.1) is 0 Å². The third-order valence-corrected chi connectivity index (χ3v) is 7.07. The lowest BCUT2D eigenvalue weighted by Gasteiger charge is -2.36. The van der Waals surface area contributed by atoms with E-state index in [0.717, 1.165) is 0 Å². The van der Waals surface area contributed by atoms with Crippen molar-refractivity contribution >= 4 is 31.2 Å². The lowest BCUT2D eigenvalue weighted by molar-refractivity contribution is -0.137. The highest BCUT2D eigenvalue weighted by Crippen LogP contribution is 2.35. The number of carboxylic acid groups (broad SMARTS) is 1. The molecular weight excluding hydrogens is 543 g/mol. The molecule has 2 heterocycles. The zero-order chi connectivity index (χ0) is 29.1. The van der Waals surface area contributed by atoms with Gasteiger partial charge in [0.05, 0.1) is 12.8 Å². The topological polar surface area (TPSA) is 206 Å². The van der Waals surface area contributed by atoms with Gasteiger partial charge in [0.15, 0.2) is 5.82 Å². The number of carbonyl (C=O) groups excluding carboxylic acids is 2. The van der Waals surface area contributed by atoms with Gasteiger partial charge in [0.1, 0.15) is 17.6 Å². The lowest BCUT2D eigenvalue weighted by atomic mass is 10.2. The molecule has 2 aromatic rings. The Morgan fingerprint density at radius 2 is 1.73 bits per heavy atom. The number of benzene rings is 1. The molecule has 15 heteroatoms. The number of amides is 2. The monoisotopic (exact) mass is 578 g/mol. The fourth-order valence-electron chi connectivity index (χ4n) is 4.23. The highest BCUT2D eigenvalue weighted by atomic mass is 31.2. The van der Waals surface area contributed by atoms with E-state index in [2.05, 4.69) is 25.5 Å². The maximum absolute atomic E-state index is 13.3. The van der Waals surface area contributed by atoms with Crippen molar-refractivity contribution in [1.29, 1.82) is 0 Å². The number of aliphatic carboxylic acids is 1. The number of carboxylic acids is 1. The Hall–Kier alpha value is -3.42. The van der Waals surface area contributed by atoms with Crippen molar-refractivity contribution in [3.8, 4) is 11.4 Å². The van der Waals surface area contributed by atoms with Crippen LogP contribution >= 0.6 is 7.60 Å². The van der Waals surface area contributed by atoms with Crippen LogP contribution in [0.3, 0.4) is 0 Å². The van der Waals surface area contributed by atoms with Crippen LogP contribution in [-0.2, 0) is 14.2 Å². The molecular formula is C25H35N6O8P. The van der Waals surface area contributed by atoms with Crippen LogP contribution in [-0.4, -0.2) is 116 Å². The van der Waals surface area contributed by atoms with E-state index in [1.807, 2.05) is 6.07 Å². The molecule has 6 N–H and O–H groups in total. The highest BCUT2D eigenvalue weighted by molar-refractivity contribution is 7.51. The molecule has 0 saturated carbocycles. The van der Waals surface area contributed by atoms with Gasteiger partial charge in [0.2, 0.25) is 5.91 Å². The van der Waals surface area contributed by atoms with Gasteiger partial charge < -0.3 is 35.5 Å². The minimum absolute atomic E-state index is 0.0976. The average Bonchev–Trinajstić information content (AvgIpc) is 2.93. The average molecular weight is 579 g/mol. The minimum atomic E-state index is -4.69. The molecule has 2 amide bonds. The van der Waals surface area contributed by atoms with Crippen LogP contribution in [0.25, 0.3) is 11.4 Å². The number of aromatic nitrogens is 2. The number of hydrogen-bond donors (Lipinski definition) is 6. The van der Waals surface area contributed by atoms with Gasteiger partial charge in [0, 0.05) is 50.8 Å². The standard InChI is InChI=1S/C25H35N6O8P/c32-15-9-26-21-16-19(27-23(29-21)18-6-2-1-3-7-18)24(35)28-20(17-40(37,38)39)25(36)31-13-11-30(12-14-31)10-5-4-8-22(33)34/h1-3,6-7,16,20,32H,4-5,8-15,17H2,(H,28,35)(H,33,34)(H,26,27,29)(H2,37,38,39)/t20-/m0/s1. The van der Waals surface area contributed by atoms with Gasteiger partial charge >= 0.3 is 13.6 Å². The van der Waals surface area contributed by atoms with Gasteiger partial charge in [-0.25, -0.2) is 9.97 Å². The molecule has 1 atom stereocenters. The summed E-state index contributed by atoms with van der Waals surface area (Å²) in [5.41, 5.74) is 0.497. The van der Waals surface area contributed by atoms with Crippen LogP contribution in [0.1, 0.15) is 29.8 Å². The van der Waals surface area contributed by atoms with Crippen molar-refractivity contribution in [3.63, 3.8) is 0 Å². The first-order chi connectivity index (χ1) is 19.1. The van der Waals surface area contributed by atoms with E-state index < -0.39 is 37.6 Å². The number of hydrogen-bond acceptors (Lipinski definition) is 9. The third-order valence-electron chi connectivity index (χ3n) is 6.23. The predicted octanol–water partition coefficient (Wildman–Crippen LogP) is 0.223. The fourth-order valence-corrected chi connectivity index (χ4v) is 4.96.